The highest BCUT2D eigenvalue weighted by molar-refractivity contribution is 9.10. The van der Waals surface area contributed by atoms with E-state index in [4.69, 9.17) is 4.74 Å². The maximum atomic E-state index is 12.8. The van der Waals surface area contributed by atoms with Crippen molar-refractivity contribution in [2.75, 3.05) is 7.11 Å². The van der Waals surface area contributed by atoms with Crippen molar-refractivity contribution in [3.63, 3.8) is 0 Å². The number of alkyl halides is 3. The monoisotopic (exact) mass is 361 g/mol. The normalized spacial score (nSPS) is 11.5. The van der Waals surface area contributed by atoms with Gasteiger partial charge < -0.3 is 9.30 Å². The summed E-state index contributed by atoms with van der Waals surface area (Å²) in [4.78, 5) is 11.8. The summed E-state index contributed by atoms with van der Waals surface area (Å²) in [5.74, 6) is 0.206. The number of rotatable bonds is 2. The Balaban J connectivity index is 2.70. The highest BCUT2D eigenvalue weighted by Gasteiger charge is 2.30. The molecule has 0 radical (unpaired) electrons. The standard InChI is InChI=1S/C14H11BrF3NO2/c1-19-7-10(12(21-2)11(15)13(19)20)8-4-3-5-9(6-8)14(16,17)18/h3-7H,1-2H3. The minimum Gasteiger partial charge on any atom is -0.495 e. The largest absolute Gasteiger partial charge is 0.495 e. The van der Waals surface area contributed by atoms with Gasteiger partial charge in [-0.1, -0.05) is 12.1 Å². The van der Waals surface area contributed by atoms with Crippen molar-refractivity contribution in [2.45, 2.75) is 6.18 Å². The van der Waals surface area contributed by atoms with Gasteiger partial charge in [0.2, 0.25) is 0 Å². The molecule has 0 unspecified atom stereocenters. The Kier molecular flexibility index (Phi) is 4.13. The molecular formula is C14H11BrF3NO2. The second kappa shape index (κ2) is 5.55. The Labute approximate surface area is 127 Å². The number of pyridine rings is 1. The second-order valence-electron chi connectivity index (χ2n) is 4.38. The molecule has 0 atom stereocenters. The first-order chi connectivity index (χ1) is 9.75. The van der Waals surface area contributed by atoms with Crippen molar-refractivity contribution in [3.8, 4) is 16.9 Å². The Morgan fingerprint density at radius 2 is 1.95 bits per heavy atom. The zero-order chi connectivity index (χ0) is 15.8. The Bertz CT molecular complexity index is 738. The lowest BCUT2D eigenvalue weighted by molar-refractivity contribution is -0.137. The first-order valence-corrected chi connectivity index (χ1v) is 6.65. The summed E-state index contributed by atoms with van der Waals surface area (Å²) >= 11 is 3.12. The smallest absolute Gasteiger partial charge is 0.416 e. The second-order valence-corrected chi connectivity index (χ2v) is 5.18. The van der Waals surface area contributed by atoms with Crippen LogP contribution in [0.2, 0.25) is 0 Å². The number of hydrogen-bond acceptors (Lipinski definition) is 2. The van der Waals surface area contributed by atoms with E-state index >= 15 is 0 Å². The van der Waals surface area contributed by atoms with Crippen molar-refractivity contribution in [3.05, 3.63) is 50.9 Å². The van der Waals surface area contributed by atoms with Crippen molar-refractivity contribution in [1.29, 1.82) is 0 Å². The van der Waals surface area contributed by atoms with Crippen LogP contribution >= 0.6 is 15.9 Å². The molecule has 0 aliphatic carbocycles. The number of ether oxygens (including phenoxy) is 1. The molecule has 1 aromatic heterocycles. The highest BCUT2D eigenvalue weighted by Crippen LogP contribution is 2.37. The van der Waals surface area contributed by atoms with Crippen molar-refractivity contribution in [2.24, 2.45) is 7.05 Å². The van der Waals surface area contributed by atoms with E-state index in [1.807, 2.05) is 0 Å². The van der Waals surface area contributed by atoms with Crippen LogP contribution in [0, 0.1) is 0 Å². The molecule has 0 N–H and O–H groups in total. The topological polar surface area (TPSA) is 31.2 Å². The first-order valence-electron chi connectivity index (χ1n) is 5.86. The van der Waals surface area contributed by atoms with Crippen LogP contribution < -0.4 is 10.3 Å². The molecule has 0 amide bonds. The molecule has 21 heavy (non-hydrogen) atoms. The summed E-state index contributed by atoms with van der Waals surface area (Å²) in [5, 5.41) is 0. The lowest BCUT2D eigenvalue weighted by atomic mass is 10.0. The van der Waals surface area contributed by atoms with Crippen LogP contribution in [0.1, 0.15) is 5.56 Å². The highest BCUT2D eigenvalue weighted by atomic mass is 79.9. The molecular weight excluding hydrogens is 351 g/mol. The summed E-state index contributed by atoms with van der Waals surface area (Å²) in [5.41, 5.74) is -0.370. The van der Waals surface area contributed by atoms with Crippen LogP contribution in [-0.2, 0) is 13.2 Å². The van der Waals surface area contributed by atoms with E-state index in [0.29, 0.717) is 11.1 Å². The van der Waals surface area contributed by atoms with Crippen LogP contribution in [0.5, 0.6) is 5.75 Å². The average Bonchev–Trinajstić information content (AvgIpc) is 2.43. The summed E-state index contributed by atoms with van der Waals surface area (Å²) in [6, 6.07) is 4.86. The van der Waals surface area contributed by atoms with Crippen LogP contribution in [-0.4, -0.2) is 11.7 Å². The third-order valence-corrected chi connectivity index (χ3v) is 3.68. The fraction of sp³-hybridized carbons (Fsp3) is 0.214. The lowest BCUT2D eigenvalue weighted by Gasteiger charge is -2.14. The summed E-state index contributed by atoms with van der Waals surface area (Å²) in [6.07, 6.45) is -2.98. The number of halogens is 4. The molecule has 0 bridgehead atoms. The number of hydrogen-bond donors (Lipinski definition) is 0. The molecule has 112 valence electrons. The average molecular weight is 362 g/mol. The molecule has 0 spiro atoms. The van der Waals surface area contributed by atoms with Gasteiger partial charge in [0.05, 0.1) is 12.7 Å². The first kappa shape index (κ1) is 15.6. The van der Waals surface area contributed by atoms with Gasteiger partial charge in [-0.25, -0.2) is 0 Å². The summed E-state index contributed by atoms with van der Waals surface area (Å²) in [6.45, 7) is 0. The third kappa shape index (κ3) is 2.97. The van der Waals surface area contributed by atoms with Crippen LogP contribution in [0.4, 0.5) is 13.2 Å². The van der Waals surface area contributed by atoms with Gasteiger partial charge in [0, 0.05) is 18.8 Å². The lowest BCUT2D eigenvalue weighted by Crippen LogP contribution is -2.18. The Morgan fingerprint density at radius 3 is 2.52 bits per heavy atom. The van der Waals surface area contributed by atoms with E-state index < -0.39 is 11.7 Å². The van der Waals surface area contributed by atoms with E-state index in [0.717, 1.165) is 12.1 Å². The van der Waals surface area contributed by atoms with Gasteiger partial charge in [-0.05, 0) is 33.6 Å². The molecule has 7 heteroatoms. The van der Waals surface area contributed by atoms with E-state index in [-0.39, 0.29) is 15.8 Å². The van der Waals surface area contributed by atoms with Crippen molar-refractivity contribution >= 4 is 15.9 Å². The molecule has 3 nitrogen and oxygen atoms in total. The zero-order valence-corrected chi connectivity index (χ0v) is 12.7. The van der Waals surface area contributed by atoms with E-state index in [1.165, 1.54) is 37.1 Å². The van der Waals surface area contributed by atoms with Gasteiger partial charge in [-0.2, -0.15) is 13.2 Å². The Hall–Kier alpha value is -1.76. The van der Waals surface area contributed by atoms with Gasteiger partial charge in [0.1, 0.15) is 10.2 Å². The molecule has 2 rings (SSSR count). The predicted molar refractivity (Wildman–Crippen MR) is 76.4 cm³/mol. The maximum absolute atomic E-state index is 12.8. The van der Waals surface area contributed by atoms with Gasteiger partial charge in [-0.15, -0.1) is 0 Å². The molecule has 0 aliphatic heterocycles. The maximum Gasteiger partial charge on any atom is 0.416 e. The zero-order valence-electron chi connectivity index (χ0n) is 11.2. The van der Waals surface area contributed by atoms with E-state index in [9.17, 15) is 18.0 Å². The molecule has 0 saturated carbocycles. The van der Waals surface area contributed by atoms with Crippen molar-refractivity contribution in [1.82, 2.24) is 4.57 Å². The number of methoxy groups -OCH3 is 1. The Morgan fingerprint density at radius 1 is 1.29 bits per heavy atom. The molecule has 0 aliphatic rings. The molecule has 1 aromatic carbocycles. The molecule has 0 fully saturated rings. The van der Waals surface area contributed by atoms with Crippen LogP contribution in [0.15, 0.2) is 39.7 Å². The quantitative estimate of drug-likeness (QED) is 0.813. The minimum absolute atomic E-state index is 0.169. The van der Waals surface area contributed by atoms with Crippen LogP contribution in [0.25, 0.3) is 11.1 Å². The third-order valence-electron chi connectivity index (χ3n) is 2.98. The minimum atomic E-state index is -4.43. The summed E-state index contributed by atoms with van der Waals surface area (Å²) < 4.78 is 45.0. The fourth-order valence-corrected chi connectivity index (χ4v) is 2.60. The van der Waals surface area contributed by atoms with Gasteiger partial charge in [-0.3, -0.25) is 4.79 Å². The number of nitrogens with zero attached hydrogens (tertiary/aromatic N) is 1. The SMILES string of the molecule is COc1c(-c2cccc(C(F)(F)F)c2)cn(C)c(=O)c1Br. The van der Waals surface area contributed by atoms with E-state index in [1.54, 1.807) is 0 Å². The number of aryl methyl sites for hydroxylation is 1. The molecule has 1 heterocycles. The fourth-order valence-electron chi connectivity index (χ4n) is 1.95. The molecule has 2 aromatic rings. The predicted octanol–water partition coefficient (Wildman–Crippen LogP) is 3.84. The van der Waals surface area contributed by atoms with E-state index in [2.05, 4.69) is 15.9 Å². The number of benzene rings is 1. The van der Waals surface area contributed by atoms with Gasteiger partial charge in [0.25, 0.3) is 5.56 Å². The van der Waals surface area contributed by atoms with Crippen molar-refractivity contribution < 1.29 is 17.9 Å². The number of aromatic nitrogens is 1. The van der Waals surface area contributed by atoms with Gasteiger partial charge >= 0.3 is 6.18 Å². The molecule has 0 saturated heterocycles. The van der Waals surface area contributed by atoms with Crippen LogP contribution in [0.3, 0.4) is 0 Å². The summed E-state index contributed by atoms with van der Waals surface area (Å²) in [7, 11) is 2.88. The van der Waals surface area contributed by atoms with Gasteiger partial charge in [0.15, 0.2) is 0 Å².